The van der Waals surface area contributed by atoms with Gasteiger partial charge < -0.3 is 5.32 Å². The van der Waals surface area contributed by atoms with E-state index in [-0.39, 0.29) is 6.42 Å². The van der Waals surface area contributed by atoms with E-state index in [4.69, 9.17) is 0 Å². The van der Waals surface area contributed by atoms with Crippen molar-refractivity contribution in [3.63, 3.8) is 0 Å². The Bertz CT molecular complexity index is 318. The topological polar surface area (TPSA) is 29.1 Å². The summed E-state index contributed by atoms with van der Waals surface area (Å²) in [7, 11) is -2.55. The quantitative estimate of drug-likeness (QED) is 0.754. The SMILES string of the molecule is CC(=O)N[C@@H](Cc1ccccc1)B(F)F. The predicted molar refractivity (Wildman–Crippen MR) is 55.7 cm³/mol. The van der Waals surface area contributed by atoms with Crippen LogP contribution in [0, 0.1) is 0 Å². The Balaban J connectivity index is 2.63. The average Bonchev–Trinajstić information content (AvgIpc) is 2.17. The molecular formula is C10H12BF2NO. The van der Waals surface area contributed by atoms with Gasteiger partial charge >= 0.3 is 7.27 Å². The van der Waals surface area contributed by atoms with Gasteiger partial charge in [0.25, 0.3) is 0 Å². The second-order valence-corrected chi connectivity index (χ2v) is 3.33. The highest BCUT2D eigenvalue weighted by atomic mass is 19.2. The molecule has 1 atom stereocenters. The molecule has 1 aromatic rings. The van der Waals surface area contributed by atoms with Crippen molar-refractivity contribution in [2.24, 2.45) is 0 Å². The van der Waals surface area contributed by atoms with Crippen LogP contribution in [0.5, 0.6) is 0 Å². The molecule has 0 radical (unpaired) electrons. The van der Waals surface area contributed by atoms with Crippen molar-refractivity contribution in [1.29, 1.82) is 0 Å². The fourth-order valence-electron chi connectivity index (χ4n) is 1.33. The molecule has 0 aliphatic heterocycles. The third kappa shape index (κ3) is 4.10. The number of halogens is 2. The first kappa shape index (κ1) is 11.7. The van der Waals surface area contributed by atoms with Crippen molar-refractivity contribution < 1.29 is 13.4 Å². The number of carbonyl (C=O) groups excluding carboxylic acids is 1. The highest BCUT2D eigenvalue weighted by Crippen LogP contribution is 2.07. The van der Waals surface area contributed by atoms with E-state index >= 15 is 0 Å². The summed E-state index contributed by atoms with van der Waals surface area (Å²) in [5.74, 6) is -1.54. The molecule has 1 N–H and O–H groups in total. The number of hydrogen-bond donors (Lipinski definition) is 1. The number of carbonyl (C=O) groups is 1. The van der Waals surface area contributed by atoms with Crippen molar-refractivity contribution in [2.45, 2.75) is 19.3 Å². The Morgan fingerprint density at radius 3 is 2.47 bits per heavy atom. The van der Waals surface area contributed by atoms with Crippen molar-refractivity contribution in [1.82, 2.24) is 5.32 Å². The number of rotatable bonds is 4. The van der Waals surface area contributed by atoms with E-state index in [0.717, 1.165) is 5.56 Å². The molecule has 1 amide bonds. The van der Waals surface area contributed by atoms with Gasteiger partial charge in [-0.3, -0.25) is 13.4 Å². The van der Waals surface area contributed by atoms with Gasteiger partial charge in [-0.25, -0.2) is 0 Å². The van der Waals surface area contributed by atoms with Crippen molar-refractivity contribution in [2.75, 3.05) is 0 Å². The van der Waals surface area contributed by atoms with E-state index in [1.807, 2.05) is 6.07 Å². The molecule has 15 heavy (non-hydrogen) atoms. The van der Waals surface area contributed by atoms with E-state index in [2.05, 4.69) is 5.32 Å². The lowest BCUT2D eigenvalue weighted by Crippen LogP contribution is -2.42. The second-order valence-electron chi connectivity index (χ2n) is 3.33. The van der Waals surface area contributed by atoms with Gasteiger partial charge in [-0.1, -0.05) is 30.3 Å². The maximum Gasteiger partial charge on any atom is 0.560 e. The van der Waals surface area contributed by atoms with Crippen LogP contribution in [-0.4, -0.2) is 19.1 Å². The van der Waals surface area contributed by atoms with Crippen LogP contribution in [0.2, 0.25) is 0 Å². The summed E-state index contributed by atoms with van der Waals surface area (Å²) >= 11 is 0. The van der Waals surface area contributed by atoms with E-state index in [1.165, 1.54) is 6.92 Å². The Labute approximate surface area is 87.9 Å². The van der Waals surface area contributed by atoms with Gasteiger partial charge in [0, 0.05) is 6.92 Å². The number of hydrogen-bond acceptors (Lipinski definition) is 1. The lowest BCUT2D eigenvalue weighted by atomic mass is 9.81. The van der Waals surface area contributed by atoms with Crippen LogP contribution in [-0.2, 0) is 11.2 Å². The van der Waals surface area contributed by atoms with Gasteiger partial charge in [-0.15, -0.1) is 0 Å². The zero-order valence-electron chi connectivity index (χ0n) is 8.41. The smallest absolute Gasteiger partial charge is 0.354 e. The number of amides is 1. The fraction of sp³-hybridized carbons (Fsp3) is 0.300. The first-order valence-electron chi connectivity index (χ1n) is 4.69. The summed E-state index contributed by atoms with van der Waals surface area (Å²) < 4.78 is 25.1. The lowest BCUT2D eigenvalue weighted by Gasteiger charge is -2.14. The minimum absolute atomic E-state index is 0.151. The molecule has 80 valence electrons. The Kier molecular flexibility index (Phi) is 4.27. The lowest BCUT2D eigenvalue weighted by molar-refractivity contribution is -0.119. The van der Waals surface area contributed by atoms with Crippen molar-refractivity contribution >= 4 is 13.2 Å². The van der Waals surface area contributed by atoms with Crippen LogP contribution >= 0.6 is 0 Å². The molecule has 0 spiro atoms. The Morgan fingerprint density at radius 2 is 2.00 bits per heavy atom. The minimum Gasteiger partial charge on any atom is -0.354 e. The van der Waals surface area contributed by atoms with E-state index in [1.54, 1.807) is 24.3 Å². The summed E-state index contributed by atoms with van der Waals surface area (Å²) in [6.07, 6.45) is 0.151. The molecule has 0 unspecified atom stereocenters. The third-order valence-corrected chi connectivity index (χ3v) is 1.99. The summed E-state index contributed by atoms with van der Waals surface area (Å²) in [5, 5.41) is 2.24. The van der Waals surface area contributed by atoms with E-state index in [9.17, 15) is 13.4 Å². The van der Waals surface area contributed by atoms with Crippen LogP contribution in [0.1, 0.15) is 12.5 Å². The van der Waals surface area contributed by atoms with Gasteiger partial charge in [0.1, 0.15) is 0 Å². The zero-order chi connectivity index (χ0) is 11.3. The highest BCUT2D eigenvalue weighted by molar-refractivity contribution is 6.45. The number of benzene rings is 1. The van der Waals surface area contributed by atoms with Crippen molar-refractivity contribution in [3.05, 3.63) is 35.9 Å². The third-order valence-electron chi connectivity index (χ3n) is 1.99. The van der Waals surface area contributed by atoms with E-state index in [0.29, 0.717) is 0 Å². The largest absolute Gasteiger partial charge is 0.560 e. The van der Waals surface area contributed by atoms with Gasteiger partial charge in [0.15, 0.2) is 0 Å². The second kappa shape index (κ2) is 5.48. The van der Waals surface area contributed by atoms with Crippen molar-refractivity contribution in [3.8, 4) is 0 Å². The molecule has 0 aromatic heterocycles. The molecule has 1 rings (SSSR count). The molecular weight excluding hydrogens is 199 g/mol. The van der Waals surface area contributed by atoms with Gasteiger partial charge in [-0.05, 0) is 12.0 Å². The van der Waals surface area contributed by atoms with Crippen LogP contribution < -0.4 is 5.32 Å². The first-order valence-corrected chi connectivity index (χ1v) is 4.69. The average molecular weight is 211 g/mol. The minimum atomic E-state index is -2.55. The Morgan fingerprint density at radius 1 is 1.40 bits per heavy atom. The summed E-state index contributed by atoms with van der Waals surface area (Å²) in [6, 6.07) is 8.91. The summed E-state index contributed by atoms with van der Waals surface area (Å²) in [4.78, 5) is 10.7. The molecule has 0 aliphatic rings. The zero-order valence-corrected chi connectivity index (χ0v) is 8.41. The maximum atomic E-state index is 12.5. The molecule has 0 fully saturated rings. The molecule has 2 nitrogen and oxygen atoms in total. The molecule has 0 saturated heterocycles. The standard InChI is InChI=1S/C10H12BF2NO/c1-8(15)14-10(11(12)13)7-9-5-3-2-4-6-9/h2-6,10H,7H2,1H3,(H,14,15)/t10-/m0/s1. The Hall–Kier alpha value is -1.39. The molecule has 0 saturated carbocycles. The van der Waals surface area contributed by atoms with Gasteiger partial charge in [-0.2, -0.15) is 0 Å². The molecule has 0 bridgehead atoms. The number of nitrogens with one attached hydrogen (secondary N) is 1. The van der Waals surface area contributed by atoms with Crippen LogP contribution in [0.3, 0.4) is 0 Å². The summed E-state index contributed by atoms with van der Waals surface area (Å²) in [6.45, 7) is 1.24. The fourth-order valence-corrected chi connectivity index (χ4v) is 1.33. The molecule has 0 aliphatic carbocycles. The molecule has 0 heterocycles. The monoisotopic (exact) mass is 211 g/mol. The highest BCUT2D eigenvalue weighted by Gasteiger charge is 2.28. The van der Waals surface area contributed by atoms with E-state index < -0.39 is 19.1 Å². The maximum absolute atomic E-state index is 12.5. The molecule has 5 heteroatoms. The van der Waals surface area contributed by atoms with Crippen LogP contribution in [0.4, 0.5) is 8.63 Å². The summed E-state index contributed by atoms with van der Waals surface area (Å²) in [5.41, 5.74) is 0.788. The first-order chi connectivity index (χ1) is 7.09. The van der Waals surface area contributed by atoms with Gasteiger partial charge in [0.2, 0.25) is 5.91 Å². The van der Waals surface area contributed by atoms with Crippen LogP contribution in [0.15, 0.2) is 30.3 Å². The normalized spacial score (nSPS) is 11.9. The molecule has 1 aromatic carbocycles. The predicted octanol–water partition coefficient (Wildman–Crippen LogP) is 1.70. The van der Waals surface area contributed by atoms with Gasteiger partial charge in [0.05, 0.1) is 5.94 Å². The van der Waals surface area contributed by atoms with Crippen LogP contribution in [0.25, 0.3) is 0 Å².